The molecule has 2 aromatic rings. The standard InChI is InChI=1S/C24H29N3O4/c28-23(29)20-14-25(15-20)13-17-6-8-21(9-7-17)26-10-11-27(24(26)30)22-12-19(16-31-22)18-4-2-1-3-5-18/h6-9,12,16,18,20H,1-5,10-11,13-15H2,(H,28,29). The maximum atomic E-state index is 13.0. The van der Waals surface area contributed by atoms with Crippen LogP contribution in [0.1, 0.15) is 49.1 Å². The molecule has 2 aliphatic heterocycles. The van der Waals surface area contributed by atoms with Crippen LogP contribution in [0.3, 0.4) is 0 Å². The highest BCUT2D eigenvalue weighted by molar-refractivity contribution is 6.05. The molecule has 1 saturated carbocycles. The van der Waals surface area contributed by atoms with E-state index in [4.69, 9.17) is 9.52 Å². The smallest absolute Gasteiger partial charge is 0.331 e. The van der Waals surface area contributed by atoms with E-state index in [1.54, 1.807) is 9.80 Å². The minimum absolute atomic E-state index is 0.0515. The topological polar surface area (TPSA) is 77.2 Å². The first-order valence-electron chi connectivity index (χ1n) is 11.3. The lowest BCUT2D eigenvalue weighted by molar-refractivity contribution is -0.147. The van der Waals surface area contributed by atoms with Crippen LogP contribution < -0.4 is 9.80 Å². The summed E-state index contributed by atoms with van der Waals surface area (Å²) < 4.78 is 5.79. The van der Waals surface area contributed by atoms with Gasteiger partial charge < -0.3 is 9.52 Å². The molecule has 3 fully saturated rings. The molecule has 164 valence electrons. The number of carbonyl (C=O) groups excluding carboxylic acids is 1. The summed E-state index contributed by atoms with van der Waals surface area (Å²) in [5, 5.41) is 9.00. The molecule has 0 radical (unpaired) electrons. The van der Waals surface area contributed by atoms with E-state index in [1.807, 2.05) is 30.5 Å². The number of nitrogens with zero attached hydrogens (tertiary/aromatic N) is 3. The number of aliphatic carboxylic acids is 1. The lowest BCUT2D eigenvalue weighted by Crippen LogP contribution is -2.49. The van der Waals surface area contributed by atoms with Crippen molar-refractivity contribution in [3.8, 4) is 0 Å². The molecule has 0 unspecified atom stereocenters. The fourth-order valence-corrected chi connectivity index (χ4v) is 5.01. The molecule has 1 N–H and O–H groups in total. The molecule has 2 amide bonds. The number of carbonyl (C=O) groups is 2. The molecule has 1 aromatic heterocycles. The molecule has 1 aliphatic carbocycles. The van der Waals surface area contributed by atoms with Gasteiger partial charge in [-0.1, -0.05) is 31.4 Å². The number of benzene rings is 1. The van der Waals surface area contributed by atoms with Crippen molar-refractivity contribution in [1.29, 1.82) is 0 Å². The Kier molecular flexibility index (Phi) is 5.44. The highest BCUT2D eigenvalue weighted by Crippen LogP contribution is 2.36. The average molecular weight is 424 g/mol. The predicted octanol–water partition coefficient (Wildman–Crippen LogP) is 4.29. The Labute approximate surface area is 182 Å². The van der Waals surface area contributed by atoms with E-state index >= 15 is 0 Å². The number of amides is 2. The second-order valence-electron chi connectivity index (χ2n) is 9.03. The zero-order chi connectivity index (χ0) is 21.4. The summed E-state index contributed by atoms with van der Waals surface area (Å²) in [5.74, 6) is 0.249. The Balaban J connectivity index is 1.20. The number of hydrogen-bond acceptors (Lipinski definition) is 4. The van der Waals surface area contributed by atoms with Crippen molar-refractivity contribution in [3.63, 3.8) is 0 Å². The highest BCUT2D eigenvalue weighted by atomic mass is 16.4. The summed E-state index contributed by atoms with van der Waals surface area (Å²) in [6.45, 7) is 3.18. The minimum atomic E-state index is -0.717. The van der Waals surface area contributed by atoms with Crippen LogP contribution in [0.15, 0.2) is 41.0 Å². The van der Waals surface area contributed by atoms with Crippen molar-refractivity contribution in [2.75, 3.05) is 36.0 Å². The normalized spacial score (nSPS) is 21.0. The van der Waals surface area contributed by atoms with Crippen molar-refractivity contribution in [2.45, 2.75) is 44.6 Å². The van der Waals surface area contributed by atoms with Gasteiger partial charge in [-0.3, -0.25) is 19.5 Å². The van der Waals surface area contributed by atoms with E-state index in [9.17, 15) is 9.59 Å². The first-order valence-corrected chi connectivity index (χ1v) is 11.3. The number of furan rings is 1. The lowest BCUT2D eigenvalue weighted by atomic mass is 9.85. The molecule has 1 aromatic carbocycles. The number of carboxylic acids is 1. The molecule has 31 heavy (non-hydrogen) atoms. The van der Waals surface area contributed by atoms with Crippen LogP contribution >= 0.6 is 0 Å². The summed E-state index contributed by atoms with van der Waals surface area (Å²) in [6, 6.07) is 9.99. The third-order valence-corrected chi connectivity index (χ3v) is 6.92. The Morgan fingerprint density at radius 2 is 1.74 bits per heavy atom. The van der Waals surface area contributed by atoms with E-state index in [1.165, 1.54) is 37.7 Å². The number of anilines is 2. The SMILES string of the molecule is O=C(O)C1CN(Cc2ccc(N3CCN(c4cc(C5CCCCC5)co4)C3=O)cc2)C1. The van der Waals surface area contributed by atoms with Crippen molar-refractivity contribution in [2.24, 2.45) is 5.92 Å². The van der Waals surface area contributed by atoms with Crippen LogP contribution in [0.25, 0.3) is 0 Å². The number of rotatable bonds is 6. The minimum Gasteiger partial charge on any atom is -0.481 e. The van der Waals surface area contributed by atoms with Crippen LogP contribution in [-0.2, 0) is 11.3 Å². The highest BCUT2D eigenvalue weighted by Gasteiger charge is 2.34. The van der Waals surface area contributed by atoms with Crippen LogP contribution in [0, 0.1) is 5.92 Å². The van der Waals surface area contributed by atoms with E-state index in [2.05, 4.69) is 11.0 Å². The van der Waals surface area contributed by atoms with Crippen LogP contribution in [0.2, 0.25) is 0 Å². The second kappa shape index (κ2) is 8.38. The largest absolute Gasteiger partial charge is 0.481 e. The van der Waals surface area contributed by atoms with Crippen molar-refractivity contribution < 1.29 is 19.1 Å². The molecule has 3 aliphatic rings. The summed E-state index contributed by atoms with van der Waals surface area (Å²) >= 11 is 0. The molecule has 7 heteroatoms. The van der Waals surface area contributed by atoms with Crippen LogP contribution in [0.4, 0.5) is 16.4 Å². The maximum Gasteiger partial charge on any atom is 0.331 e. The molecule has 5 rings (SSSR count). The molecule has 0 bridgehead atoms. The van der Waals surface area contributed by atoms with E-state index in [-0.39, 0.29) is 11.9 Å². The summed E-state index contributed by atoms with van der Waals surface area (Å²) in [5.41, 5.74) is 3.23. The number of urea groups is 1. The zero-order valence-corrected chi connectivity index (χ0v) is 17.7. The molecule has 3 heterocycles. The summed E-state index contributed by atoms with van der Waals surface area (Å²) in [6.07, 6.45) is 8.12. The average Bonchev–Trinajstić information content (AvgIpc) is 3.38. The molecular formula is C24H29N3O4. The Morgan fingerprint density at radius 1 is 1.03 bits per heavy atom. The summed E-state index contributed by atoms with van der Waals surface area (Å²) in [7, 11) is 0. The summed E-state index contributed by atoms with van der Waals surface area (Å²) in [4.78, 5) is 29.6. The van der Waals surface area contributed by atoms with Gasteiger partial charge in [0, 0.05) is 44.5 Å². The van der Waals surface area contributed by atoms with Gasteiger partial charge in [0.25, 0.3) is 0 Å². The van der Waals surface area contributed by atoms with Crippen LogP contribution in [-0.4, -0.2) is 48.2 Å². The third kappa shape index (κ3) is 4.06. The molecule has 0 atom stereocenters. The van der Waals surface area contributed by atoms with E-state index in [0.717, 1.165) is 17.8 Å². The van der Waals surface area contributed by atoms with Gasteiger partial charge in [0.2, 0.25) is 5.88 Å². The number of likely N-dealkylation sites (tertiary alicyclic amines) is 1. The van der Waals surface area contributed by atoms with Gasteiger partial charge in [-0.05, 0) is 42.0 Å². The molecule has 7 nitrogen and oxygen atoms in total. The molecule has 2 saturated heterocycles. The monoisotopic (exact) mass is 423 g/mol. The Bertz CT molecular complexity index is 942. The fraction of sp³-hybridized carbons (Fsp3) is 0.500. The third-order valence-electron chi connectivity index (χ3n) is 6.92. The quantitative estimate of drug-likeness (QED) is 0.750. The zero-order valence-electron chi connectivity index (χ0n) is 17.7. The van der Waals surface area contributed by atoms with Gasteiger partial charge in [-0.15, -0.1) is 0 Å². The Hall–Kier alpha value is -2.80. The van der Waals surface area contributed by atoms with Gasteiger partial charge in [0.05, 0.1) is 12.2 Å². The van der Waals surface area contributed by atoms with Gasteiger partial charge in [-0.2, -0.15) is 0 Å². The second-order valence-corrected chi connectivity index (χ2v) is 9.03. The first kappa shape index (κ1) is 20.1. The predicted molar refractivity (Wildman–Crippen MR) is 117 cm³/mol. The van der Waals surface area contributed by atoms with Crippen molar-refractivity contribution in [1.82, 2.24) is 4.90 Å². The van der Waals surface area contributed by atoms with Gasteiger partial charge >= 0.3 is 12.0 Å². The van der Waals surface area contributed by atoms with E-state index in [0.29, 0.717) is 38.0 Å². The molecular weight excluding hydrogens is 394 g/mol. The van der Waals surface area contributed by atoms with Crippen molar-refractivity contribution >= 4 is 23.6 Å². The molecule has 0 spiro atoms. The number of carboxylic acid groups (broad SMARTS) is 1. The van der Waals surface area contributed by atoms with Gasteiger partial charge in [0.1, 0.15) is 0 Å². The van der Waals surface area contributed by atoms with Gasteiger partial charge in [0.15, 0.2) is 0 Å². The first-order chi connectivity index (χ1) is 15.1. The van der Waals surface area contributed by atoms with Gasteiger partial charge in [-0.25, -0.2) is 4.79 Å². The maximum absolute atomic E-state index is 13.0. The number of hydrogen-bond donors (Lipinski definition) is 1. The van der Waals surface area contributed by atoms with E-state index < -0.39 is 5.97 Å². The van der Waals surface area contributed by atoms with Crippen LogP contribution in [0.5, 0.6) is 0 Å². The lowest BCUT2D eigenvalue weighted by Gasteiger charge is -2.36. The fourth-order valence-electron chi connectivity index (χ4n) is 5.01. The van der Waals surface area contributed by atoms with Crippen molar-refractivity contribution in [3.05, 3.63) is 47.7 Å². The Morgan fingerprint density at radius 3 is 2.45 bits per heavy atom.